The molecule has 26 heavy (non-hydrogen) atoms. The molecular formula is C20H23N5S. The summed E-state index contributed by atoms with van der Waals surface area (Å²) in [6.07, 6.45) is 0. The Morgan fingerprint density at radius 3 is 2.58 bits per heavy atom. The molecule has 2 aromatic carbocycles. The number of benzene rings is 2. The molecule has 3 rings (SSSR count). The summed E-state index contributed by atoms with van der Waals surface area (Å²) in [5.74, 6) is 2.29. The fraction of sp³-hybridized carbons (Fsp3) is 0.250. The zero-order valence-electron chi connectivity index (χ0n) is 15.2. The molecular weight excluding hydrogens is 342 g/mol. The van der Waals surface area contributed by atoms with Gasteiger partial charge in [-0.15, -0.1) is 11.8 Å². The fourth-order valence-corrected chi connectivity index (χ4v) is 3.54. The Hall–Kier alpha value is -2.60. The Morgan fingerprint density at radius 1 is 1.04 bits per heavy atom. The lowest BCUT2D eigenvalue weighted by Gasteiger charge is -2.13. The number of para-hydroxylation sites is 1. The Kier molecular flexibility index (Phi) is 5.73. The fourth-order valence-electron chi connectivity index (χ4n) is 2.54. The van der Waals surface area contributed by atoms with Gasteiger partial charge in [-0.25, -0.2) is 0 Å². The van der Waals surface area contributed by atoms with Crippen LogP contribution < -0.4 is 11.1 Å². The molecule has 5 nitrogen and oxygen atoms in total. The molecule has 0 aliphatic heterocycles. The van der Waals surface area contributed by atoms with Crippen molar-refractivity contribution in [2.45, 2.75) is 31.8 Å². The van der Waals surface area contributed by atoms with Crippen molar-refractivity contribution in [3.8, 4) is 0 Å². The number of nitrogen functional groups attached to an aromatic ring is 1. The van der Waals surface area contributed by atoms with Crippen LogP contribution in [0.25, 0.3) is 0 Å². The summed E-state index contributed by atoms with van der Waals surface area (Å²) in [5, 5.41) is 3.29. The van der Waals surface area contributed by atoms with Gasteiger partial charge in [-0.2, -0.15) is 15.0 Å². The Morgan fingerprint density at radius 2 is 1.81 bits per heavy atom. The summed E-state index contributed by atoms with van der Waals surface area (Å²) in [6, 6.07) is 16.3. The first-order valence-electron chi connectivity index (χ1n) is 8.52. The second kappa shape index (κ2) is 8.19. The molecule has 1 atom stereocenters. The van der Waals surface area contributed by atoms with E-state index >= 15 is 0 Å². The van der Waals surface area contributed by atoms with Gasteiger partial charge in [0, 0.05) is 11.4 Å². The molecule has 0 saturated heterocycles. The van der Waals surface area contributed by atoms with Crippen molar-refractivity contribution >= 4 is 29.3 Å². The van der Waals surface area contributed by atoms with Crippen LogP contribution in [-0.4, -0.2) is 15.0 Å². The summed E-state index contributed by atoms with van der Waals surface area (Å²) < 4.78 is 0. The van der Waals surface area contributed by atoms with Crippen LogP contribution in [-0.2, 0) is 5.75 Å². The number of aryl methyl sites for hydroxylation is 2. The first-order chi connectivity index (χ1) is 12.5. The maximum Gasteiger partial charge on any atom is 0.232 e. The molecule has 0 aliphatic rings. The van der Waals surface area contributed by atoms with E-state index in [1.807, 2.05) is 30.3 Å². The molecule has 0 spiro atoms. The third-order valence-corrected chi connectivity index (χ3v) is 5.25. The number of nitrogens with zero attached hydrogens (tertiary/aromatic N) is 3. The highest BCUT2D eigenvalue weighted by atomic mass is 32.2. The minimum absolute atomic E-state index is 0.108. The van der Waals surface area contributed by atoms with E-state index in [0.717, 1.165) is 11.4 Å². The number of rotatable bonds is 6. The van der Waals surface area contributed by atoms with Gasteiger partial charge in [0.15, 0.2) is 0 Å². The quantitative estimate of drug-likeness (QED) is 0.653. The van der Waals surface area contributed by atoms with Crippen molar-refractivity contribution < 1.29 is 0 Å². The standard InChI is InChI=1S/C20H23N5S/c1-13-9-10-14(2)16(11-13)12-26-15(3)18-23-19(21)25-20(24-18)22-17-7-5-4-6-8-17/h4-11,15H,12H2,1-3H3,(H3,21,22,23,24,25). The van der Waals surface area contributed by atoms with Crippen LogP contribution in [0.1, 0.15) is 34.7 Å². The zero-order chi connectivity index (χ0) is 18.5. The third-order valence-electron chi connectivity index (χ3n) is 4.06. The van der Waals surface area contributed by atoms with Gasteiger partial charge in [0.2, 0.25) is 11.9 Å². The number of thioether (sulfide) groups is 1. The predicted molar refractivity (Wildman–Crippen MR) is 110 cm³/mol. The van der Waals surface area contributed by atoms with Crippen molar-refractivity contribution in [2.24, 2.45) is 0 Å². The number of aromatic nitrogens is 3. The molecule has 134 valence electrons. The van der Waals surface area contributed by atoms with E-state index < -0.39 is 0 Å². The Labute approximate surface area is 158 Å². The molecule has 0 radical (unpaired) electrons. The van der Waals surface area contributed by atoms with Crippen LogP contribution in [0.3, 0.4) is 0 Å². The molecule has 6 heteroatoms. The zero-order valence-corrected chi connectivity index (χ0v) is 16.0. The first kappa shape index (κ1) is 18.2. The lowest BCUT2D eigenvalue weighted by atomic mass is 10.1. The highest BCUT2D eigenvalue weighted by molar-refractivity contribution is 7.98. The highest BCUT2D eigenvalue weighted by Crippen LogP contribution is 2.31. The maximum absolute atomic E-state index is 5.89. The maximum atomic E-state index is 5.89. The lowest BCUT2D eigenvalue weighted by molar-refractivity contribution is 0.895. The molecule has 3 N–H and O–H groups in total. The predicted octanol–water partition coefficient (Wildman–Crippen LogP) is 4.81. The van der Waals surface area contributed by atoms with Gasteiger partial charge in [0.05, 0.1) is 5.25 Å². The van der Waals surface area contributed by atoms with Gasteiger partial charge >= 0.3 is 0 Å². The summed E-state index contributed by atoms with van der Waals surface area (Å²) >= 11 is 1.79. The molecule has 0 amide bonds. The van der Waals surface area contributed by atoms with E-state index in [2.05, 4.69) is 59.2 Å². The second-order valence-electron chi connectivity index (χ2n) is 6.25. The molecule has 3 aromatic rings. The molecule has 0 fully saturated rings. The van der Waals surface area contributed by atoms with Crippen LogP contribution in [0.4, 0.5) is 17.6 Å². The minimum Gasteiger partial charge on any atom is -0.368 e. The van der Waals surface area contributed by atoms with Crippen LogP contribution in [0.2, 0.25) is 0 Å². The van der Waals surface area contributed by atoms with Crippen LogP contribution >= 0.6 is 11.8 Å². The summed E-state index contributed by atoms with van der Waals surface area (Å²) in [4.78, 5) is 13.1. The van der Waals surface area contributed by atoms with Crippen LogP contribution in [0.15, 0.2) is 48.5 Å². The van der Waals surface area contributed by atoms with E-state index in [9.17, 15) is 0 Å². The average molecular weight is 366 g/mol. The Balaban J connectivity index is 1.72. The minimum atomic E-state index is 0.108. The SMILES string of the molecule is Cc1ccc(C)c(CSC(C)c2nc(N)nc(Nc3ccccc3)n2)c1. The van der Waals surface area contributed by atoms with Gasteiger partial charge in [0.1, 0.15) is 5.82 Å². The number of hydrogen-bond donors (Lipinski definition) is 2. The van der Waals surface area contributed by atoms with Gasteiger partial charge in [-0.1, -0.05) is 42.0 Å². The molecule has 1 aromatic heterocycles. The monoisotopic (exact) mass is 365 g/mol. The molecule has 1 unspecified atom stereocenters. The van der Waals surface area contributed by atoms with Crippen molar-refractivity contribution in [1.29, 1.82) is 0 Å². The first-order valence-corrected chi connectivity index (χ1v) is 9.57. The highest BCUT2D eigenvalue weighted by Gasteiger charge is 2.14. The van der Waals surface area contributed by atoms with Gasteiger partial charge in [-0.3, -0.25) is 0 Å². The van der Waals surface area contributed by atoms with E-state index in [-0.39, 0.29) is 11.2 Å². The molecule has 0 bridgehead atoms. The van der Waals surface area contributed by atoms with E-state index in [1.54, 1.807) is 11.8 Å². The summed E-state index contributed by atoms with van der Waals surface area (Å²) in [6.45, 7) is 6.35. The van der Waals surface area contributed by atoms with Gasteiger partial charge < -0.3 is 11.1 Å². The Bertz CT molecular complexity index is 883. The van der Waals surface area contributed by atoms with E-state index in [1.165, 1.54) is 16.7 Å². The van der Waals surface area contributed by atoms with Gasteiger partial charge in [-0.05, 0) is 44.0 Å². The summed E-state index contributed by atoms with van der Waals surface area (Å²) in [7, 11) is 0. The van der Waals surface area contributed by atoms with Crippen molar-refractivity contribution in [3.63, 3.8) is 0 Å². The number of nitrogens with two attached hydrogens (primary N) is 1. The largest absolute Gasteiger partial charge is 0.368 e. The summed E-state index contributed by atoms with van der Waals surface area (Å²) in [5.41, 5.74) is 10.7. The van der Waals surface area contributed by atoms with Crippen molar-refractivity contribution in [3.05, 3.63) is 71.0 Å². The van der Waals surface area contributed by atoms with E-state index in [4.69, 9.17) is 5.73 Å². The average Bonchev–Trinajstić information content (AvgIpc) is 2.62. The van der Waals surface area contributed by atoms with Crippen molar-refractivity contribution in [2.75, 3.05) is 11.1 Å². The number of anilines is 3. The van der Waals surface area contributed by atoms with Crippen LogP contribution in [0, 0.1) is 13.8 Å². The molecule has 0 saturated carbocycles. The van der Waals surface area contributed by atoms with Crippen molar-refractivity contribution in [1.82, 2.24) is 15.0 Å². The smallest absolute Gasteiger partial charge is 0.232 e. The normalized spacial score (nSPS) is 12.0. The number of nitrogens with one attached hydrogen (secondary N) is 1. The number of hydrogen-bond acceptors (Lipinski definition) is 6. The van der Waals surface area contributed by atoms with E-state index in [0.29, 0.717) is 11.8 Å². The topological polar surface area (TPSA) is 76.7 Å². The molecule has 1 heterocycles. The molecule has 0 aliphatic carbocycles. The van der Waals surface area contributed by atoms with Gasteiger partial charge in [0.25, 0.3) is 0 Å². The second-order valence-corrected chi connectivity index (χ2v) is 7.58. The third kappa shape index (κ3) is 4.73. The lowest BCUT2D eigenvalue weighted by Crippen LogP contribution is -2.08. The van der Waals surface area contributed by atoms with Crippen LogP contribution in [0.5, 0.6) is 0 Å².